The van der Waals surface area contributed by atoms with E-state index >= 15 is 0 Å². The third-order valence-corrected chi connectivity index (χ3v) is 3.97. The summed E-state index contributed by atoms with van der Waals surface area (Å²) in [6.07, 6.45) is 0. The SMILES string of the molecule is O=C1CSc2nc3ccc(I)cc3c(=O)n21. The molecule has 0 amide bonds. The van der Waals surface area contributed by atoms with Crippen LogP contribution >= 0.6 is 34.4 Å². The highest BCUT2D eigenvalue weighted by Gasteiger charge is 2.23. The number of halogens is 1. The first-order chi connectivity index (χ1) is 7.66. The molecule has 0 saturated carbocycles. The smallest absolute Gasteiger partial charge is 0.268 e. The van der Waals surface area contributed by atoms with E-state index in [1.165, 1.54) is 16.3 Å². The maximum absolute atomic E-state index is 12.1. The summed E-state index contributed by atoms with van der Waals surface area (Å²) in [6, 6.07) is 5.46. The van der Waals surface area contributed by atoms with E-state index in [1.807, 2.05) is 12.1 Å². The van der Waals surface area contributed by atoms with Crippen LogP contribution in [0.3, 0.4) is 0 Å². The lowest BCUT2D eigenvalue weighted by Gasteiger charge is -2.02. The van der Waals surface area contributed by atoms with E-state index in [2.05, 4.69) is 27.6 Å². The van der Waals surface area contributed by atoms with E-state index in [1.54, 1.807) is 6.07 Å². The van der Waals surface area contributed by atoms with E-state index in [9.17, 15) is 9.59 Å². The van der Waals surface area contributed by atoms with Gasteiger partial charge in [0.25, 0.3) is 5.56 Å². The van der Waals surface area contributed by atoms with Crippen LogP contribution in [0.2, 0.25) is 0 Å². The van der Waals surface area contributed by atoms with Crippen molar-refractivity contribution >= 4 is 51.2 Å². The van der Waals surface area contributed by atoms with Gasteiger partial charge in [-0.05, 0) is 40.8 Å². The number of benzene rings is 1. The van der Waals surface area contributed by atoms with Crippen molar-refractivity contribution in [1.29, 1.82) is 0 Å². The molecule has 0 spiro atoms. The summed E-state index contributed by atoms with van der Waals surface area (Å²) in [5.74, 6) is 0.119. The van der Waals surface area contributed by atoms with E-state index in [-0.39, 0.29) is 11.5 Å². The van der Waals surface area contributed by atoms with Gasteiger partial charge in [-0.2, -0.15) is 0 Å². The van der Waals surface area contributed by atoms with Crippen LogP contribution in [0.4, 0.5) is 0 Å². The van der Waals surface area contributed by atoms with Crippen LogP contribution in [0, 0.1) is 3.57 Å². The van der Waals surface area contributed by atoms with E-state index in [4.69, 9.17) is 0 Å². The number of hydrogen-bond acceptors (Lipinski definition) is 4. The molecular weight excluding hydrogens is 339 g/mol. The Bertz CT molecular complexity index is 680. The number of rotatable bonds is 0. The van der Waals surface area contributed by atoms with E-state index < -0.39 is 0 Å². The molecule has 0 atom stereocenters. The molecule has 0 bridgehead atoms. The van der Waals surface area contributed by atoms with E-state index in [0.717, 1.165) is 3.57 Å². The minimum absolute atomic E-state index is 0.182. The number of aromatic nitrogens is 2. The second-order valence-corrected chi connectivity index (χ2v) is 5.57. The molecule has 0 aliphatic carbocycles. The lowest BCUT2D eigenvalue weighted by molar-refractivity contribution is 0.0934. The summed E-state index contributed by atoms with van der Waals surface area (Å²) in [5, 5.41) is 1.01. The first-order valence-corrected chi connectivity index (χ1v) is 6.61. The predicted octanol–water partition coefficient (Wildman–Crippen LogP) is 1.75. The Morgan fingerprint density at radius 1 is 1.38 bits per heavy atom. The Morgan fingerprint density at radius 3 is 3.00 bits per heavy atom. The molecule has 4 nitrogen and oxygen atoms in total. The highest BCUT2D eigenvalue weighted by atomic mass is 127. The minimum atomic E-state index is -0.256. The Balaban J connectivity index is 2.49. The molecule has 1 aliphatic heterocycles. The zero-order valence-electron chi connectivity index (χ0n) is 7.94. The van der Waals surface area contributed by atoms with Crippen LogP contribution in [0.5, 0.6) is 0 Å². The molecular formula is C10H5IN2O2S. The molecule has 2 aromatic rings. The fourth-order valence-electron chi connectivity index (χ4n) is 1.65. The van der Waals surface area contributed by atoms with Crippen molar-refractivity contribution in [3.05, 3.63) is 32.1 Å². The standard InChI is InChI=1S/C10H5IN2O2S/c11-5-1-2-7-6(3-5)9(15)13-8(14)4-16-10(13)12-7/h1-3H,4H2. The molecule has 0 radical (unpaired) electrons. The normalized spacial score (nSPS) is 14.4. The van der Waals surface area contributed by atoms with E-state index in [0.29, 0.717) is 21.8 Å². The molecule has 0 unspecified atom stereocenters. The van der Waals surface area contributed by atoms with Gasteiger partial charge in [0, 0.05) is 3.57 Å². The molecule has 16 heavy (non-hydrogen) atoms. The zero-order valence-corrected chi connectivity index (χ0v) is 10.9. The summed E-state index contributed by atoms with van der Waals surface area (Å²) < 4.78 is 2.13. The van der Waals surface area contributed by atoms with Gasteiger partial charge in [-0.25, -0.2) is 9.55 Å². The number of thioether (sulfide) groups is 1. The third kappa shape index (κ3) is 1.40. The lowest BCUT2D eigenvalue weighted by atomic mass is 10.2. The highest BCUT2D eigenvalue weighted by Crippen LogP contribution is 2.23. The Hall–Kier alpha value is -0.890. The van der Waals surface area contributed by atoms with Gasteiger partial charge < -0.3 is 0 Å². The topological polar surface area (TPSA) is 52.0 Å². The molecule has 0 saturated heterocycles. The van der Waals surface area contributed by atoms with Crippen LogP contribution in [0.25, 0.3) is 10.9 Å². The third-order valence-electron chi connectivity index (χ3n) is 2.37. The Labute approximate surface area is 108 Å². The lowest BCUT2D eigenvalue weighted by Crippen LogP contribution is -2.25. The van der Waals surface area contributed by atoms with Gasteiger partial charge in [0.15, 0.2) is 5.16 Å². The Kier molecular flexibility index (Phi) is 2.28. The highest BCUT2D eigenvalue weighted by molar-refractivity contribution is 14.1. The average Bonchev–Trinajstić information content (AvgIpc) is 2.62. The zero-order chi connectivity index (χ0) is 11.3. The molecule has 6 heteroatoms. The van der Waals surface area contributed by atoms with Gasteiger partial charge in [0.1, 0.15) is 0 Å². The summed E-state index contributed by atoms with van der Waals surface area (Å²) in [5.41, 5.74) is 0.396. The largest absolute Gasteiger partial charge is 0.273 e. The second kappa shape index (κ2) is 3.56. The van der Waals surface area contributed by atoms with Gasteiger partial charge in [-0.1, -0.05) is 11.8 Å². The molecule has 0 N–H and O–H groups in total. The average molecular weight is 344 g/mol. The van der Waals surface area contributed by atoms with Crippen molar-refractivity contribution in [3.63, 3.8) is 0 Å². The number of hydrogen-bond donors (Lipinski definition) is 0. The molecule has 80 valence electrons. The molecule has 1 aromatic heterocycles. The second-order valence-electron chi connectivity index (χ2n) is 3.38. The summed E-state index contributed by atoms with van der Waals surface area (Å²) in [7, 11) is 0. The van der Waals surface area contributed by atoms with Gasteiger partial charge in [0.2, 0.25) is 5.91 Å². The molecule has 0 fully saturated rings. The van der Waals surface area contributed by atoms with Crippen molar-refractivity contribution in [2.24, 2.45) is 0 Å². The maximum atomic E-state index is 12.1. The quantitative estimate of drug-likeness (QED) is 0.540. The number of carbonyl (C=O) groups is 1. The van der Waals surface area contributed by atoms with Crippen molar-refractivity contribution in [1.82, 2.24) is 9.55 Å². The summed E-state index contributed by atoms with van der Waals surface area (Å²) >= 11 is 3.44. The maximum Gasteiger partial charge on any atom is 0.268 e. The van der Waals surface area contributed by atoms with Gasteiger partial charge in [-0.15, -0.1) is 0 Å². The Morgan fingerprint density at radius 2 is 2.19 bits per heavy atom. The summed E-state index contributed by atoms with van der Waals surface area (Å²) in [4.78, 5) is 27.9. The molecule has 1 aromatic carbocycles. The van der Waals surface area contributed by atoms with Crippen molar-refractivity contribution in [3.8, 4) is 0 Å². The van der Waals surface area contributed by atoms with Crippen molar-refractivity contribution in [2.45, 2.75) is 5.16 Å². The van der Waals surface area contributed by atoms with Gasteiger partial charge in [0.05, 0.1) is 16.7 Å². The first kappa shape index (κ1) is 10.3. The monoisotopic (exact) mass is 344 g/mol. The van der Waals surface area contributed by atoms with Crippen LogP contribution in [-0.4, -0.2) is 21.2 Å². The summed E-state index contributed by atoms with van der Waals surface area (Å²) in [6.45, 7) is 0. The minimum Gasteiger partial charge on any atom is -0.273 e. The van der Waals surface area contributed by atoms with Crippen LogP contribution in [0.15, 0.2) is 28.2 Å². The molecule has 3 rings (SSSR count). The first-order valence-electron chi connectivity index (χ1n) is 4.55. The van der Waals surface area contributed by atoms with Crippen molar-refractivity contribution < 1.29 is 4.79 Å². The number of nitrogens with zero attached hydrogens (tertiary/aromatic N) is 2. The fourth-order valence-corrected chi connectivity index (χ4v) is 2.99. The predicted molar refractivity (Wildman–Crippen MR) is 70.1 cm³/mol. The fraction of sp³-hybridized carbons (Fsp3) is 0.100. The van der Waals surface area contributed by atoms with Crippen LogP contribution in [0.1, 0.15) is 4.79 Å². The van der Waals surface area contributed by atoms with Gasteiger partial charge in [-0.3, -0.25) is 9.59 Å². The number of carbonyl (C=O) groups excluding carboxylic acids is 1. The van der Waals surface area contributed by atoms with Crippen LogP contribution in [-0.2, 0) is 0 Å². The molecule has 1 aliphatic rings. The number of fused-ring (bicyclic) bond motifs is 2. The van der Waals surface area contributed by atoms with Crippen molar-refractivity contribution in [2.75, 3.05) is 5.75 Å². The van der Waals surface area contributed by atoms with Gasteiger partial charge >= 0.3 is 0 Å². The van der Waals surface area contributed by atoms with Crippen LogP contribution < -0.4 is 5.56 Å². The molecule has 2 heterocycles.